The van der Waals surface area contributed by atoms with E-state index in [1.807, 2.05) is 33.8 Å². The van der Waals surface area contributed by atoms with E-state index in [-0.39, 0.29) is 22.7 Å². The third-order valence-corrected chi connectivity index (χ3v) is 4.87. The molecular formula is C21H26O5. The van der Waals surface area contributed by atoms with Gasteiger partial charge in [0.25, 0.3) is 0 Å². The Kier molecular flexibility index (Phi) is 4.82. The molecule has 0 bridgehead atoms. The van der Waals surface area contributed by atoms with Gasteiger partial charge in [-0.3, -0.25) is 4.79 Å². The average Bonchev–Trinajstić information content (AvgIpc) is 2.56. The van der Waals surface area contributed by atoms with Crippen molar-refractivity contribution in [3.05, 3.63) is 39.2 Å². The number of unbranched alkanes of at least 4 members (excludes halogenated alkanes) is 1. The summed E-state index contributed by atoms with van der Waals surface area (Å²) in [6.07, 6.45) is 2.57. The first-order chi connectivity index (χ1) is 12.2. The van der Waals surface area contributed by atoms with Crippen molar-refractivity contribution in [2.45, 2.75) is 65.4 Å². The van der Waals surface area contributed by atoms with Crippen LogP contribution in [0.15, 0.2) is 21.3 Å². The lowest BCUT2D eigenvalue weighted by molar-refractivity contribution is 0.0463. The molecule has 1 aliphatic rings. The van der Waals surface area contributed by atoms with E-state index in [1.165, 1.54) is 6.07 Å². The van der Waals surface area contributed by atoms with Crippen molar-refractivity contribution < 1.29 is 18.7 Å². The molecule has 26 heavy (non-hydrogen) atoms. The van der Waals surface area contributed by atoms with Gasteiger partial charge in [-0.2, -0.15) is 0 Å². The highest BCUT2D eigenvalue weighted by Crippen LogP contribution is 2.44. The Hall–Kier alpha value is -2.30. The number of rotatable bonds is 4. The van der Waals surface area contributed by atoms with Crippen LogP contribution in [0.1, 0.15) is 74.6 Å². The Morgan fingerprint density at radius 2 is 2.08 bits per heavy atom. The third-order valence-electron chi connectivity index (χ3n) is 4.87. The second-order valence-electron chi connectivity index (χ2n) is 7.73. The molecule has 1 atom stereocenters. The van der Waals surface area contributed by atoms with Gasteiger partial charge in [0, 0.05) is 11.6 Å². The van der Waals surface area contributed by atoms with Crippen molar-refractivity contribution in [2.75, 3.05) is 6.61 Å². The smallest absolute Gasteiger partial charge is 0.374 e. The normalized spacial score (nSPS) is 18.3. The van der Waals surface area contributed by atoms with Crippen LogP contribution < -0.4 is 10.2 Å². The second-order valence-corrected chi connectivity index (χ2v) is 7.73. The predicted octanol–water partition coefficient (Wildman–Crippen LogP) is 4.72. The van der Waals surface area contributed by atoms with Gasteiger partial charge in [0.1, 0.15) is 16.9 Å². The molecule has 0 N–H and O–H groups in total. The largest absolute Gasteiger partial charge is 0.487 e. The summed E-state index contributed by atoms with van der Waals surface area (Å²) in [5.74, 6) is 0.352. The van der Waals surface area contributed by atoms with Crippen molar-refractivity contribution in [1.29, 1.82) is 0 Å². The van der Waals surface area contributed by atoms with Crippen LogP contribution in [0.25, 0.3) is 11.0 Å². The molecule has 1 aliphatic heterocycles. The number of carbonyl (C=O) groups excluding carboxylic acids is 1. The number of esters is 1. The standard InChI is InChI=1S/C21H26O5/c1-6-7-8-24-20(23)17-10-16(22)15-9-14-12(2)11-21(4,5)26-19(14)13(3)18(15)25-17/h9-10,12H,6-8,11H2,1-5H3. The molecular weight excluding hydrogens is 332 g/mol. The number of fused-ring (bicyclic) bond motifs is 2. The first-order valence-corrected chi connectivity index (χ1v) is 9.21. The summed E-state index contributed by atoms with van der Waals surface area (Å²) in [4.78, 5) is 24.8. The maximum atomic E-state index is 12.6. The molecule has 0 fully saturated rings. The first-order valence-electron chi connectivity index (χ1n) is 9.21. The zero-order valence-electron chi connectivity index (χ0n) is 16.1. The lowest BCUT2D eigenvalue weighted by atomic mass is 9.84. The number of hydrogen-bond donors (Lipinski definition) is 0. The number of hydrogen-bond acceptors (Lipinski definition) is 5. The molecule has 1 unspecified atom stereocenters. The molecule has 0 radical (unpaired) electrons. The van der Waals surface area contributed by atoms with E-state index < -0.39 is 5.97 Å². The van der Waals surface area contributed by atoms with Gasteiger partial charge in [0.15, 0.2) is 5.43 Å². The Morgan fingerprint density at radius 1 is 1.35 bits per heavy atom. The molecule has 2 heterocycles. The minimum Gasteiger partial charge on any atom is -0.487 e. The van der Waals surface area contributed by atoms with Gasteiger partial charge in [0.05, 0.1) is 12.0 Å². The monoisotopic (exact) mass is 358 g/mol. The SMILES string of the molecule is CCCCOC(=O)c1cc(=O)c2cc3c(c(C)c2o1)OC(C)(C)CC3C. The molecule has 1 aromatic heterocycles. The summed E-state index contributed by atoms with van der Waals surface area (Å²) in [6, 6.07) is 3.07. The van der Waals surface area contributed by atoms with E-state index in [2.05, 4.69) is 6.92 Å². The number of carbonyl (C=O) groups is 1. The summed E-state index contributed by atoms with van der Waals surface area (Å²) in [5, 5.41) is 0.474. The molecule has 140 valence electrons. The van der Waals surface area contributed by atoms with Crippen LogP contribution in [-0.4, -0.2) is 18.2 Å². The van der Waals surface area contributed by atoms with E-state index in [0.29, 0.717) is 17.6 Å². The molecule has 2 aromatic rings. The molecule has 0 aliphatic carbocycles. The van der Waals surface area contributed by atoms with Gasteiger partial charge in [0.2, 0.25) is 5.76 Å². The first kappa shape index (κ1) is 18.5. The molecule has 5 heteroatoms. The molecule has 0 spiro atoms. The molecule has 3 rings (SSSR count). The summed E-state index contributed by atoms with van der Waals surface area (Å²) in [6.45, 7) is 10.4. The zero-order chi connectivity index (χ0) is 19.1. The third kappa shape index (κ3) is 3.35. The summed E-state index contributed by atoms with van der Waals surface area (Å²) in [5.41, 5.74) is 1.62. The van der Waals surface area contributed by atoms with Gasteiger partial charge < -0.3 is 13.9 Å². The van der Waals surface area contributed by atoms with Crippen LogP contribution in [0, 0.1) is 6.92 Å². The zero-order valence-corrected chi connectivity index (χ0v) is 16.1. The van der Waals surface area contributed by atoms with Crippen LogP contribution >= 0.6 is 0 Å². The minimum atomic E-state index is -0.607. The fourth-order valence-corrected chi connectivity index (χ4v) is 3.61. The van der Waals surface area contributed by atoms with Gasteiger partial charge in [-0.05, 0) is 51.2 Å². The molecule has 5 nitrogen and oxygen atoms in total. The van der Waals surface area contributed by atoms with Crippen molar-refractivity contribution in [3.63, 3.8) is 0 Å². The van der Waals surface area contributed by atoms with Crippen molar-refractivity contribution in [2.24, 2.45) is 0 Å². The lowest BCUT2D eigenvalue weighted by Gasteiger charge is -2.37. The Bertz CT molecular complexity index is 907. The van der Waals surface area contributed by atoms with Crippen molar-refractivity contribution in [3.8, 4) is 5.75 Å². The van der Waals surface area contributed by atoms with Crippen molar-refractivity contribution >= 4 is 16.9 Å². The highest BCUT2D eigenvalue weighted by Gasteiger charge is 2.34. The highest BCUT2D eigenvalue weighted by atomic mass is 16.5. The Morgan fingerprint density at radius 3 is 2.77 bits per heavy atom. The molecule has 0 saturated carbocycles. The molecule has 0 amide bonds. The van der Waals surface area contributed by atoms with Gasteiger partial charge >= 0.3 is 5.97 Å². The van der Waals surface area contributed by atoms with Gasteiger partial charge in [-0.25, -0.2) is 4.79 Å². The van der Waals surface area contributed by atoms with E-state index >= 15 is 0 Å². The van der Waals surface area contributed by atoms with Crippen LogP contribution in [0.2, 0.25) is 0 Å². The Labute approximate surface area is 153 Å². The molecule has 0 saturated heterocycles. The Balaban J connectivity index is 2.11. The van der Waals surface area contributed by atoms with Crippen LogP contribution in [0.3, 0.4) is 0 Å². The summed E-state index contributed by atoms with van der Waals surface area (Å²) < 4.78 is 17.1. The fraction of sp³-hybridized carbons (Fsp3) is 0.524. The van der Waals surface area contributed by atoms with E-state index in [4.69, 9.17) is 13.9 Å². The van der Waals surface area contributed by atoms with Crippen LogP contribution in [-0.2, 0) is 4.74 Å². The maximum absolute atomic E-state index is 12.6. The predicted molar refractivity (Wildman–Crippen MR) is 100 cm³/mol. The second kappa shape index (κ2) is 6.78. The average molecular weight is 358 g/mol. The summed E-state index contributed by atoms with van der Waals surface area (Å²) >= 11 is 0. The topological polar surface area (TPSA) is 65.7 Å². The van der Waals surface area contributed by atoms with Gasteiger partial charge in [-0.1, -0.05) is 20.3 Å². The number of benzene rings is 1. The quantitative estimate of drug-likeness (QED) is 0.584. The molecule has 1 aromatic carbocycles. The lowest BCUT2D eigenvalue weighted by Crippen LogP contribution is -2.34. The number of aryl methyl sites for hydroxylation is 1. The van der Waals surface area contributed by atoms with E-state index in [1.54, 1.807) is 0 Å². The van der Waals surface area contributed by atoms with Gasteiger partial charge in [-0.15, -0.1) is 0 Å². The van der Waals surface area contributed by atoms with E-state index in [9.17, 15) is 9.59 Å². The number of ether oxygens (including phenoxy) is 2. The van der Waals surface area contributed by atoms with Crippen LogP contribution in [0.4, 0.5) is 0 Å². The van der Waals surface area contributed by atoms with Crippen molar-refractivity contribution in [1.82, 2.24) is 0 Å². The maximum Gasteiger partial charge on any atom is 0.374 e. The summed E-state index contributed by atoms with van der Waals surface area (Å²) in [7, 11) is 0. The minimum absolute atomic E-state index is 0.0650. The fourth-order valence-electron chi connectivity index (χ4n) is 3.61. The highest BCUT2D eigenvalue weighted by molar-refractivity contribution is 5.90. The van der Waals surface area contributed by atoms with Crippen LogP contribution in [0.5, 0.6) is 5.75 Å². The van der Waals surface area contributed by atoms with E-state index in [0.717, 1.165) is 36.1 Å².